The summed E-state index contributed by atoms with van der Waals surface area (Å²) in [7, 11) is 1.33. The SMILES string of the molecule is COC(=O)c1ccc(CNC(=O)c2ccc(-n3c(=O)ccc4c(C)nc(Sc5nc(C)c[nH]5)nc43)cc2)cc1. The van der Waals surface area contributed by atoms with E-state index in [1.807, 2.05) is 13.8 Å². The lowest BCUT2D eigenvalue weighted by atomic mass is 10.1. The molecular weight excluding hydrogens is 516 g/mol. The number of carbonyl (C=O) groups excluding carboxylic acids is 2. The summed E-state index contributed by atoms with van der Waals surface area (Å²) in [6.45, 7) is 4.04. The topological polar surface area (TPSA) is 132 Å². The van der Waals surface area contributed by atoms with Crippen molar-refractivity contribution < 1.29 is 14.3 Å². The molecule has 5 aromatic rings. The Bertz CT molecular complexity index is 1740. The van der Waals surface area contributed by atoms with Crippen LogP contribution in [-0.2, 0) is 11.3 Å². The Hall–Kier alpha value is -4.77. The highest BCUT2D eigenvalue weighted by atomic mass is 32.2. The Morgan fingerprint density at radius 2 is 1.67 bits per heavy atom. The van der Waals surface area contributed by atoms with E-state index in [-0.39, 0.29) is 18.0 Å². The monoisotopic (exact) mass is 540 g/mol. The molecule has 0 atom stereocenters. The summed E-state index contributed by atoms with van der Waals surface area (Å²) in [6, 6.07) is 16.7. The van der Waals surface area contributed by atoms with Crippen LogP contribution in [0.1, 0.15) is 37.7 Å². The number of fused-ring (bicyclic) bond motifs is 1. The molecule has 0 spiro atoms. The number of aryl methyl sites for hydroxylation is 2. The summed E-state index contributed by atoms with van der Waals surface area (Å²) < 4.78 is 6.21. The van der Waals surface area contributed by atoms with Crippen LogP contribution in [0, 0.1) is 13.8 Å². The quantitative estimate of drug-likeness (QED) is 0.234. The summed E-state index contributed by atoms with van der Waals surface area (Å²) in [5, 5.41) is 4.73. The van der Waals surface area contributed by atoms with E-state index in [9.17, 15) is 14.4 Å². The summed E-state index contributed by atoms with van der Waals surface area (Å²) in [5.41, 5.74) is 4.09. The Morgan fingerprint density at radius 1 is 0.949 bits per heavy atom. The highest BCUT2D eigenvalue weighted by molar-refractivity contribution is 7.99. The highest BCUT2D eigenvalue weighted by Crippen LogP contribution is 2.25. The van der Waals surface area contributed by atoms with Gasteiger partial charge in [-0.05, 0) is 73.6 Å². The van der Waals surface area contributed by atoms with Gasteiger partial charge in [0.05, 0.1) is 29.7 Å². The summed E-state index contributed by atoms with van der Waals surface area (Å²) in [4.78, 5) is 54.0. The third-order valence-electron chi connectivity index (χ3n) is 6.01. The molecule has 2 aromatic carbocycles. The molecule has 1 amide bonds. The molecule has 3 heterocycles. The molecule has 39 heavy (non-hydrogen) atoms. The largest absolute Gasteiger partial charge is 0.465 e. The van der Waals surface area contributed by atoms with Crippen molar-refractivity contribution in [2.24, 2.45) is 0 Å². The molecule has 0 bridgehead atoms. The third kappa shape index (κ3) is 5.58. The van der Waals surface area contributed by atoms with E-state index in [0.717, 1.165) is 22.3 Å². The van der Waals surface area contributed by atoms with Crippen LogP contribution in [0.25, 0.3) is 16.7 Å². The second-order valence-electron chi connectivity index (χ2n) is 8.70. The van der Waals surface area contributed by atoms with Crippen LogP contribution in [0.15, 0.2) is 82.0 Å². The number of nitrogens with zero attached hydrogens (tertiary/aromatic N) is 4. The maximum Gasteiger partial charge on any atom is 0.337 e. The highest BCUT2D eigenvalue weighted by Gasteiger charge is 2.14. The van der Waals surface area contributed by atoms with Crippen molar-refractivity contribution in [3.8, 4) is 5.69 Å². The molecule has 0 fully saturated rings. The smallest absolute Gasteiger partial charge is 0.337 e. The molecule has 196 valence electrons. The van der Waals surface area contributed by atoms with Crippen LogP contribution in [0.4, 0.5) is 0 Å². The number of benzene rings is 2. The lowest BCUT2D eigenvalue weighted by molar-refractivity contribution is 0.0600. The fourth-order valence-electron chi connectivity index (χ4n) is 3.99. The van der Waals surface area contributed by atoms with Crippen LogP contribution < -0.4 is 10.9 Å². The summed E-state index contributed by atoms with van der Waals surface area (Å²) in [5.74, 6) is -0.686. The number of carbonyl (C=O) groups is 2. The van der Waals surface area contributed by atoms with Gasteiger partial charge in [-0.2, -0.15) is 0 Å². The first-order chi connectivity index (χ1) is 18.8. The van der Waals surface area contributed by atoms with Gasteiger partial charge in [0.2, 0.25) is 0 Å². The van der Waals surface area contributed by atoms with Crippen molar-refractivity contribution >= 4 is 34.7 Å². The third-order valence-corrected chi connectivity index (χ3v) is 6.77. The number of hydrogen-bond acceptors (Lipinski definition) is 8. The standard InChI is InChI=1S/C28H24N6O4S/c1-16-14-30-27(31-16)39-28-32-17(2)22-12-13-23(35)34(24(22)33-28)21-10-8-19(9-11-21)25(36)29-15-18-4-6-20(7-5-18)26(37)38-3/h4-14H,15H2,1-3H3,(H,29,36)(H,30,31). The number of rotatable bonds is 7. The lowest BCUT2D eigenvalue weighted by Crippen LogP contribution is -2.23. The van der Waals surface area contributed by atoms with Crippen LogP contribution in [0.3, 0.4) is 0 Å². The van der Waals surface area contributed by atoms with Crippen LogP contribution >= 0.6 is 11.8 Å². The first-order valence-corrected chi connectivity index (χ1v) is 12.8. The van der Waals surface area contributed by atoms with E-state index in [1.54, 1.807) is 60.8 Å². The van der Waals surface area contributed by atoms with E-state index in [1.165, 1.54) is 29.5 Å². The molecule has 3 aromatic heterocycles. The van der Waals surface area contributed by atoms with E-state index in [4.69, 9.17) is 4.74 Å². The number of aromatic amines is 1. The molecule has 10 nitrogen and oxygen atoms in total. The molecule has 0 aliphatic heterocycles. The predicted molar refractivity (Wildman–Crippen MR) is 146 cm³/mol. The fourth-order valence-corrected chi connectivity index (χ4v) is 4.78. The van der Waals surface area contributed by atoms with Gasteiger partial charge < -0.3 is 15.0 Å². The minimum atomic E-state index is -0.416. The average Bonchev–Trinajstić information content (AvgIpc) is 3.35. The normalized spacial score (nSPS) is 10.9. The van der Waals surface area contributed by atoms with Gasteiger partial charge in [0, 0.05) is 29.8 Å². The Labute approximate surface area is 227 Å². The minimum absolute atomic E-state index is 0.252. The number of esters is 1. The Balaban J connectivity index is 1.37. The number of methoxy groups -OCH3 is 1. The second kappa shape index (κ2) is 10.9. The van der Waals surface area contributed by atoms with Crippen molar-refractivity contribution in [2.75, 3.05) is 7.11 Å². The summed E-state index contributed by atoms with van der Waals surface area (Å²) in [6.07, 6.45) is 1.80. The Morgan fingerprint density at radius 3 is 2.33 bits per heavy atom. The minimum Gasteiger partial charge on any atom is -0.465 e. The first-order valence-electron chi connectivity index (χ1n) is 12.0. The zero-order valence-electron chi connectivity index (χ0n) is 21.4. The maximum absolute atomic E-state index is 13.0. The number of H-pyrrole nitrogens is 1. The molecule has 0 saturated heterocycles. The number of ether oxygens (including phenoxy) is 1. The number of amides is 1. The van der Waals surface area contributed by atoms with Crippen molar-refractivity contribution in [3.05, 3.63) is 105 Å². The molecule has 0 aliphatic carbocycles. The molecule has 11 heteroatoms. The van der Waals surface area contributed by atoms with E-state index >= 15 is 0 Å². The molecule has 2 N–H and O–H groups in total. The molecular formula is C28H24N6O4S. The maximum atomic E-state index is 13.0. The summed E-state index contributed by atoms with van der Waals surface area (Å²) >= 11 is 1.28. The number of hydrogen-bond donors (Lipinski definition) is 2. The molecule has 0 saturated carbocycles. The van der Waals surface area contributed by atoms with Crippen LogP contribution in [-0.4, -0.2) is 43.5 Å². The number of pyridine rings is 1. The van der Waals surface area contributed by atoms with Gasteiger partial charge in [-0.1, -0.05) is 12.1 Å². The van der Waals surface area contributed by atoms with Gasteiger partial charge >= 0.3 is 5.97 Å². The van der Waals surface area contributed by atoms with Crippen molar-refractivity contribution in [2.45, 2.75) is 30.7 Å². The first kappa shape index (κ1) is 25.9. The number of aromatic nitrogens is 5. The van der Waals surface area contributed by atoms with Crippen LogP contribution in [0.5, 0.6) is 0 Å². The van der Waals surface area contributed by atoms with Gasteiger partial charge in [-0.15, -0.1) is 0 Å². The average molecular weight is 541 g/mol. The zero-order chi connectivity index (χ0) is 27.5. The van der Waals surface area contributed by atoms with Gasteiger partial charge in [0.25, 0.3) is 11.5 Å². The van der Waals surface area contributed by atoms with E-state index in [0.29, 0.717) is 32.8 Å². The lowest BCUT2D eigenvalue weighted by Gasteiger charge is -2.12. The second-order valence-corrected chi connectivity index (χ2v) is 9.66. The zero-order valence-corrected chi connectivity index (χ0v) is 22.2. The molecule has 0 aliphatic rings. The van der Waals surface area contributed by atoms with Crippen molar-refractivity contribution in [3.63, 3.8) is 0 Å². The number of nitrogens with one attached hydrogen (secondary N) is 2. The fraction of sp³-hybridized carbons (Fsp3) is 0.143. The van der Waals surface area contributed by atoms with Crippen molar-refractivity contribution in [1.29, 1.82) is 0 Å². The van der Waals surface area contributed by atoms with Crippen LogP contribution in [0.2, 0.25) is 0 Å². The molecule has 5 rings (SSSR count). The van der Waals surface area contributed by atoms with E-state index < -0.39 is 5.97 Å². The number of imidazole rings is 1. The van der Waals surface area contributed by atoms with E-state index in [2.05, 4.69) is 25.3 Å². The molecule has 0 radical (unpaired) electrons. The van der Waals surface area contributed by atoms with Gasteiger partial charge in [0.1, 0.15) is 0 Å². The molecule has 0 unspecified atom stereocenters. The van der Waals surface area contributed by atoms with Gasteiger partial charge in [0.15, 0.2) is 16.0 Å². The van der Waals surface area contributed by atoms with Gasteiger partial charge in [-0.25, -0.2) is 19.7 Å². The predicted octanol–water partition coefficient (Wildman–Crippen LogP) is 3.99. The Kier molecular flexibility index (Phi) is 7.24. The van der Waals surface area contributed by atoms with Crippen molar-refractivity contribution in [1.82, 2.24) is 29.8 Å². The van der Waals surface area contributed by atoms with Gasteiger partial charge in [-0.3, -0.25) is 14.2 Å².